The number of aromatic nitrogens is 1. The molecule has 0 radical (unpaired) electrons. The number of ether oxygens (including phenoxy) is 3. The van der Waals surface area contributed by atoms with E-state index in [2.05, 4.69) is 4.98 Å². The summed E-state index contributed by atoms with van der Waals surface area (Å²) in [7, 11) is 0. The molecule has 8 heteroatoms. The van der Waals surface area contributed by atoms with E-state index in [1.54, 1.807) is 20.8 Å². The van der Waals surface area contributed by atoms with E-state index in [0.717, 1.165) is 12.3 Å². The second-order valence-electron chi connectivity index (χ2n) is 4.25. The Balaban J connectivity index is 3.18. The number of hydrogen-bond donors (Lipinski definition) is 0. The first-order valence-electron chi connectivity index (χ1n) is 7.11. The van der Waals surface area contributed by atoms with E-state index < -0.39 is 35.3 Å². The summed E-state index contributed by atoms with van der Waals surface area (Å²) in [4.78, 5) is 39.1. The quantitative estimate of drug-likeness (QED) is 0.427. The van der Waals surface area contributed by atoms with Gasteiger partial charge in [0.1, 0.15) is 11.5 Å². The van der Waals surface area contributed by atoms with Gasteiger partial charge in [0.25, 0.3) is 0 Å². The van der Waals surface area contributed by atoms with Crippen molar-refractivity contribution < 1.29 is 33.0 Å². The highest BCUT2D eigenvalue weighted by Gasteiger charge is 2.35. The van der Waals surface area contributed by atoms with Gasteiger partial charge in [-0.3, -0.25) is 14.6 Å². The van der Waals surface area contributed by atoms with Crippen LogP contribution >= 0.6 is 0 Å². The lowest BCUT2D eigenvalue weighted by molar-refractivity contribution is -0.157. The lowest BCUT2D eigenvalue weighted by atomic mass is 10.0. The van der Waals surface area contributed by atoms with Crippen LogP contribution in [0.25, 0.3) is 0 Å². The summed E-state index contributed by atoms with van der Waals surface area (Å²) < 4.78 is 28.5. The molecule has 23 heavy (non-hydrogen) atoms. The van der Waals surface area contributed by atoms with Crippen LogP contribution in [0.1, 0.15) is 42.7 Å². The smallest absolute Gasteiger partial charge is 0.339 e. The van der Waals surface area contributed by atoms with Gasteiger partial charge in [0.2, 0.25) is 0 Å². The zero-order valence-corrected chi connectivity index (χ0v) is 13.1. The predicted octanol–water partition coefficient (Wildman–Crippen LogP) is 1.61. The van der Waals surface area contributed by atoms with Gasteiger partial charge in [0, 0.05) is 6.20 Å². The van der Waals surface area contributed by atoms with Crippen LogP contribution in [0.15, 0.2) is 12.3 Å². The maximum Gasteiger partial charge on any atom is 0.339 e. The minimum absolute atomic E-state index is 0.0112. The molecule has 0 aliphatic carbocycles. The minimum atomic E-state index is -1.65. The fourth-order valence-corrected chi connectivity index (χ4v) is 1.76. The SMILES string of the molecule is CCOC(=O)c1cnc(C(C(=O)OCC)C(=O)OCC)c(F)c1. The van der Waals surface area contributed by atoms with E-state index >= 15 is 0 Å². The van der Waals surface area contributed by atoms with Gasteiger partial charge in [-0.25, -0.2) is 9.18 Å². The van der Waals surface area contributed by atoms with Crippen molar-refractivity contribution in [3.63, 3.8) is 0 Å². The molecular formula is C15H18FNO6. The van der Waals surface area contributed by atoms with Crippen molar-refractivity contribution in [1.82, 2.24) is 4.98 Å². The monoisotopic (exact) mass is 327 g/mol. The Labute approximate surface area is 132 Å². The number of rotatable bonds is 7. The van der Waals surface area contributed by atoms with Crippen LogP contribution in [-0.2, 0) is 23.8 Å². The van der Waals surface area contributed by atoms with Crippen molar-refractivity contribution in [2.24, 2.45) is 0 Å². The molecule has 0 aliphatic heterocycles. The summed E-state index contributed by atoms with van der Waals surface area (Å²) in [5.41, 5.74) is -0.588. The molecule has 7 nitrogen and oxygen atoms in total. The average molecular weight is 327 g/mol. The van der Waals surface area contributed by atoms with E-state index in [1.807, 2.05) is 0 Å². The zero-order valence-electron chi connectivity index (χ0n) is 13.1. The van der Waals surface area contributed by atoms with Gasteiger partial charge in [-0.2, -0.15) is 0 Å². The highest BCUT2D eigenvalue weighted by atomic mass is 19.1. The third-order valence-electron chi connectivity index (χ3n) is 2.70. The molecule has 0 atom stereocenters. The molecule has 0 bridgehead atoms. The summed E-state index contributed by atoms with van der Waals surface area (Å²) in [6.07, 6.45) is 1.03. The fraction of sp³-hybridized carbons (Fsp3) is 0.467. The number of esters is 3. The molecular weight excluding hydrogens is 309 g/mol. The summed E-state index contributed by atoms with van der Waals surface area (Å²) in [6, 6.07) is 0.853. The molecule has 1 heterocycles. The number of carbonyl (C=O) groups excluding carboxylic acids is 3. The Morgan fingerprint density at radius 2 is 1.57 bits per heavy atom. The highest BCUT2D eigenvalue weighted by Crippen LogP contribution is 2.21. The molecule has 0 spiro atoms. The summed E-state index contributed by atoms with van der Waals surface area (Å²) in [5, 5.41) is 0. The Hall–Kier alpha value is -2.51. The lowest BCUT2D eigenvalue weighted by Crippen LogP contribution is -2.28. The second kappa shape index (κ2) is 8.82. The predicted molar refractivity (Wildman–Crippen MR) is 76.2 cm³/mol. The second-order valence-corrected chi connectivity index (χ2v) is 4.25. The number of hydrogen-bond acceptors (Lipinski definition) is 7. The van der Waals surface area contributed by atoms with Crippen LogP contribution in [0.5, 0.6) is 0 Å². The third-order valence-corrected chi connectivity index (χ3v) is 2.70. The minimum Gasteiger partial charge on any atom is -0.465 e. The van der Waals surface area contributed by atoms with Gasteiger partial charge < -0.3 is 14.2 Å². The molecule has 0 N–H and O–H groups in total. The molecule has 0 aliphatic rings. The first-order chi connectivity index (χ1) is 11.0. The normalized spacial score (nSPS) is 10.3. The van der Waals surface area contributed by atoms with Gasteiger partial charge in [-0.15, -0.1) is 0 Å². The van der Waals surface area contributed by atoms with Crippen molar-refractivity contribution in [1.29, 1.82) is 0 Å². The van der Waals surface area contributed by atoms with Gasteiger partial charge in [0.15, 0.2) is 5.92 Å². The highest BCUT2D eigenvalue weighted by molar-refractivity contribution is 6.00. The van der Waals surface area contributed by atoms with E-state index in [0.29, 0.717) is 0 Å². The zero-order chi connectivity index (χ0) is 17.4. The molecule has 0 saturated carbocycles. The molecule has 0 amide bonds. The maximum absolute atomic E-state index is 14.2. The van der Waals surface area contributed by atoms with E-state index in [9.17, 15) is 18.8 Å². The Morgan fingerprint density at radius 3 is 2.00 bits per heavy atom. The molecule has 0 fully saturated rings. The Morgan fingerprint density at radius 1 is 1.04 bits per heavy atom. The van der Waals surface area contributed by atoms with Crippen molar-refractivity contribution >= 4 is 17.9 Å². The third kappa shape index (κ3) is 4.73. The Bertz CT molecular complexity index is 571. The average Bonchev–Trinajstić information content (AvgIpc) is 2.50. The molecule has 1 rings (SSSR count). The van der Waals surface area contributed by atoms with Crippen LogP contribution in [0.2, 0.25) is 0 Å². The molecule has 0 saturated heterocycles. The Kier molecular flexibility index (Phi) is 7.11. The standard InChI is InChI=1S/C15H18FNO6/c1-4-21-13(18)9-7-10(16)12(17-8-9)11(14(19)22-5-2)15(20)23-6-3/h7-8,11H,4-6H2,1-3H3. The first-order valence-corrected chi connectivity index (χ1v) is 7.11. The number of halogens is 1. The van der Waals surface area contributed by atoms with Crippen molar-refractivity contribution in [2.45, 2.75) is 26.7 Å². The largest absolute Gasteiger partial charge is 0.465 e. The van der Waals surface area contributed by atoms with Gasteiger partial charge in [-0.1, -0.05) is 0 Å². The van der Waals surface area contributed by atoms with E-state index in [1.165, 1.54) is 0 Å². The van der Waals surface area contributed by atoms with Gasteiger partial charge in [0.05, 0.1) is 25.4 Å². The number of carbonyl (C=O) groups is 3. The molecule has 1 aromatic heterocycles. The van der Waals surface area contributed by atoms with Crippen LogP contribution in [-0.4, -0.2) is 42.7 Å². The van der Waals surface area contributed by atoms with E-state index in [4.69, 9.17) is 14.2 Å². The molecule has 1 aromatic rings. The van der Waals surface area contributed by atoms with Gasteiger partial charge in [-0.05, 0) is 26.8 Å². The molecule has 126 valence electrons. The number of pyridine rings is 1. The van der Waals surface area contributed by atoms with Crippen LogP contribution in [0.3, 0.4) is 0 Å². The van der Waals surface area contributed by atoms with Crippen LogP contribution in [0, 0.1) is 5.82 Å². The molecule has 0 unspecified atom stereocenters. The fourth-order valence-electron chi connectivity index (χ4n) is 1.76. The summed E-state index contributed by atoms with van der Waals surface area (Å²) >= 11 is 0. The van der Waals surface area contributed by atoms with E-state index in [-0.39, 0.29) is 25.4 Å². The topological polar surface area (TPSA) is 91.8 Å². The number of nitrogens with zero attached hydrogens (tertiary/aromatic N) is 1. The first kappa shape index (κ1) is 18.5. The van der Waals surface area contributed by atoms with Crippen molar-refractivity contribution in [3.8, 4) is 0 Å². The van der Waals surface area contributed by atoms with Crippen LogP contribution < -0.4 is 0 Å². The summed E-state index contributed by atoms with van der Waals surface area (Å²) in [6.45, 7) is 4.85. The van der Waals surface area contributed by atoms with Crippen LogP contribution in [0.4, 0.5) is 4.39 Å². The maximum atomic E-state index is 14.2. The van der Waals surface area contributed by atoms with Gasteiger partial charge >= 0.3 is 17.9 Å². The van der Waals surface area contributed by atoms with Crippen molar-refractivity contribution in [2.75, 3.05) is 19.8 Å². The van der Waals surface area contributed by atoms with Crippen molar-refractivity contribution in [3.05, 3.63) is 29.3 Å². The summed E-state index contributed by atoms with van der Waals surface area (Å²) in [5.74, 6) is -5.34. The lowest BCUT2D eigenvalue weighted by Gasteiger charge is -2.14. The molecule has 0 aromatic carbocycles.